The quantitative estimate of drug-likeness (QED) is 0.799. The molecule has 1 heterocycles. The maximum atomic E-state index is 12.1. The van der Waals surface area contributed by atoms with Crippen molar-refractivity contribution in [3.63, 3.8) is 0 Å². The molecule has 1 saturated heterocycles. The Bertz CT molecular complexity index is 317. The van der Waals surface area contributed by atoms with E-state index >= 15 is 0 Å². The van der Waals surface area contributed by atoms with Gasteiger partial charge in [-0.1, -0.05) is 19.3 Å². The molecule has 17 heavy (non-hydrogen) atoms. The summed E-state index contributed by atoms with van der Waals surface area (Å²) in [5, 5.41) is 3.18. The molecule has 2 fully saturated rings. The van der Waals surface area contributed by atoms with Gasteiger partial charge in [-0.05, 0) is 44.7 Å². The van der Waals surface area contributed by atoms with Gasteiger partial charge in [-0.3, -0.25) is 0 Å². The molecule has 100 valence electrons. The Labute approximate surface area is 105 Å². The topological polar surface area (TPSA) is 58.2 Å². The van der Waals surface area contributed by atoms with E-state index < -0.39 is 10.0 Å². The molecular weight excluding hydrogens is 236 g/mol. The summed E-state index contributed by atoms with van der Waals surface area (Å²) >= 11 is 0. The molecule has 0 radical (unpaired) electrons. The summed E-state index contributed by atoms with van der Waals surface area (Å²) in [6.07, 6.45) is 7.32. The van der Waals surface area contributed by atoms with E-state index in [4.69, 9.17) is 0 Å². The number of hydrogen-bond acceptors (Lipinski definition) is 3. The molecule has 1 aliphatic heterocycles. The first-order valence-corrected chi connectivity index (χ1v) is 8.42. The number of rotatable bonds is 4. The zero-order chi connectivity index (χ0) is 12.1. The van der Waals surface area contributed by atoms with Crippen molar-refractivity contribution in [2.24, 2.45) is 5.92 Å². The first kappa shape index (κ1) is 13.3. The van der Waals surface area contributed by atoms with E-state index in [-0.39, 0.29) is 5.25 Å². The molecule has 1 saturated carbocycles. The standard InChI is InChI=1S/C12H24N2O2S/c15-17(16,12-6-2-1-3-7-12)14-10-11-5-4-8-13-9-11/h11-14H,1-10H2. The van der Waals surface area contributed by atoms with Crippen LogP contribution in [0.3, 0.4) is 0 Å². The van der Waals surface area contributed by atoms with Crippen molar-refractivity contribution in [1.29, 1.82) is 0 Å². The van der Waals surface area contributed by atoms with Gasteiger partial charge in [0, 0.05) is 6.54 Å². The van der Waals surface area contributed by atoms with Crippen LogP contribution in [0.1, 0.15) is 44.9 Å². The van der Waals surface area contributed by atoms with Crippen LogP contribution < -0.4 is 10.0 Å². The minimum atomic E-state index is -3.06. The fraction of sp³-hybridized carbons (Fsp3) is 1.00. The highest BCUT2D eigenvalue weighted by Gasteiger charge is 2.27. The van der Waals surface area contributed by atoms with Crippen LogP contribution in [0.25, 0.3) is 0 Å². The van der Waals surface area contributed by atoms with Crippen molar-refractivity contribution in [3.05, 3.63) is 0 Å². The minimum absolute atomic E-state index is 0.132. The van der Waals surface area contributed by atoms with E-state index in [0.29, 0.717) is 12.5 Å². The first-order valence-electron chi connectivity index (χ1n) is 6.88. The zero-order valence-electron chi connectivity index (χ0n) is 10.5. The van der Waals surface area contributed by atoms with Crippen LogP contribution >= 0.6 is 0 Å². The molecule has 2 N–H and O–H groups in total. The molecule has 1 unspecified atom stereocenters. The lowest BCUT2D eigenvalue weighted by Crippen LogP contribution is -2.41. The number of piperidine rings is 1. The average molecular weight is 260 g/mol. The van der Waals surface area contributed by atoms with Gasteiger partial charge in [0.1, 0.15) is 0 Å². The second-order valence-electron chi connectivity index (χ2n) is 5.37. The Morgan fingerprint density at radius 2 is 1.82 bits per heavy atom. The summed E-state index contributed by atoms with van der Waals surface area (Å²) in [5.41, 5.74) is 0. The Morgan fingerprint density at radius 1 is 1.06 bits per heavy atom. The fourth-order valence-electron chi connectivity index (χ4n) is 2.83. The Balaban J connectivity index is 1.79. The molecule has 0 aromatic carbocycles. The van der Waals surface area contributed by atoms with Crippen molar-refractivity contribution < 1.29 is 8.42 Å². The molecule has 0 bridgehead atoms. The largest absolute Gasteiger partial charge is 0.316 e. The second-order valence-corrected chi connectivity index (χ2v) is 7.41. The van der Waals surface area contributed by atoms with Crippen LogP contribution in [-0.2, 0) is 10.0 Å². The van der Waals surface area contributed by atoms with Crippen molar-refractivity contribution in [3.8, 4) is 0 Å². The third kappa shape index (κ3) is 3.93. The Kier molecular flexibility index (Phi) is 4.82. The maximum Gasteiger partial charge on any atom is 0.214 e. The molecule has 1 atom stereocenters. The van der Waals surface area contributed by atoms with Gasteiger partial charge in [-0.15, -0.1) is 0 Å². The smallest absolute Gasteiger partial charge is 0.214 e. The van der Waals surface area contributed by atoms with Gasteiger partial charge in [0.2, 0.25) is 10.0 Å². The SMILES string of the molecule is O=S(=O)(NCC1CCCNC1)C1CCCCC1. The monoisotopic (exact) mass is 260 g/mol. The zero-order valence-corrected chi connectivity index (χ0v) is 11.3. The van der Waals surface area contributed by atoms with Crippen LogP contribution in [0.4, 0.5) is 0 Å². The van der Waals surface area contributed by atoms with E-state index in [1.807, 2.05) is 0 Å². The second kappa shape index (κ2) is 6.16. The third-order valence-electron chi connectivity index (χ3n) is 3.96. The van der Waals surface area contributed by atoms with E-state index in [9.17, 15) is 8.42 Å². The van der Waals surface area contributed by atoms with E-state index in [0.717, 1.165) is 51.6 Å². The molecule has 0 aromatic heterocycles. The molecular formula is C12H24N2O2S. The van der Waals surface area contributed by atoms with Gasteiger partial charge in [-0.2, -0.15) is 0 Å². The van der Waals surface area contributed by atoms with Crippen molar-refractivity contribution >= 4 is 10.0 Å². The van der Waals surface area contributed by atoms with Gasteiger partial charge in [0.05, 0.1) is 5.25 Å². The highest BCUT2D eigenvalue weighted by molar-refractivity contribution is 7.90. The molecule has 5 heteroatoms. The summed E-state index contributed by atoms with van der Waals surface area (Å²) in [5.74, 6) is 0.474. The molecule has 1 aliphatic carbocycles. The highest BCUT2D eigenvalue weighted by atomic mass is 32.2. The summed E-state index contributed by atoms with van der Waals surface area (Å²) in [4.78, 5) is 0. The minimum Gasteiger partial charge on any atom is -0.316 e. The van der Waals surface area contributed by atoms with Crippen LogP contribution in [0, 0.1) is 5.92 Å². The first-order chi connectivity index (χ1) is 8.18. The van der Waals surface area contributed by atoms with E-state index in [2.05, 4.69) is 10.0 Å². The number of hydrogen-bond donors (Lipinski definition) is 2. The van der Waals surface area contributed by atoms with Crippen LogP contribution in [0.5, 0.6) is 0 Å². The van der Waals surface area contributed by atoms with Crippen LogP contribution in [-0.4, -0.2) is 33.3 Å². The normalized spacial score (nSPS) is 28.1. The lowest BCUT2D eigenvalue weighted by atomic mass is 10.0. The Hall–Kier alpha value is -0.130. The highest BCUT2D eigenvalue weighted by Crippen LogP contribution is 2.23. The van der Waals surface area contributed by atoms with Crippen molar-refractivity contribution in [1.82, 2.24) is 10.0 Å². The Morgan fingerprint density at radius 3 is 2.47 bits per heavy atom. The maximum absolute atomic E-state index is 12.1. The average Bonchev–Trinajstić information content (AvgIpc) is 2.39. The van der Waals surface area contributed by atoms with Crippen molar-refractivity contribution in [2.75, 3.05) is 19.6 Å². The summed E-state index contributed by atoms with van der Waals surface area (Å²) < 4.78 is 27.0. The van der Waals surface area contributed by atoms with E-state index in [1.54, 1.807) is 0 Å². The summed E-state index contributed by atoms with van der Waals surface area (Å²) in [6, 6.07) is 0. The predicted octanol–water partition coefficient (Wildman–Crippen LogP) is 1.24. The van der Waals surface area contributed by atoms with Crippen LogP contribution in [0.15, 0.2) is 0 Å². The molecule has 4 nitrogen and oxygen atoms in total. The van der Waals surface area contributed by atoms with Gasteiger partial charge in [0.25, 0.3) is 0 Å². The third-order valence-corrected chi connectivity index (χ3v) is 5.88. The van der Waals surface area contributed by atoms with Gasteiger partial charge < -0.3 is 5.32 Å². The van der Waals surface area contributed by atoms with E-state index in [1.165, 1.54) is 6.42 Å². The summed E-state index contributed by atoms with van der Waals surface area (Å²) in [7, 11) is -3.06. The molecule has 0 spiro atoms. The number of nitrogens with one attached hydrogen (secondary N) is 2. The molecule has 0 amide bonds. The van der Waals surface area contributed by atoms with Crippen molar-refractivity contribution in [2.45, 2.75) is 50.2 Å². The van der Waals surface area contributed by atoms with Gasteiger partial charge in [0.15, 0.2) is 0 Å². The van der Waals surface area contributed by atoms with Crippen LogP contribution in [0.2, 0.25) is 0 Å². The molecule has 2 aliphatic rings. The lowest BCUT2D eigenvalue weighted by molar-refractivity contribution is 0.374. The van der Waals surface area contributed by atoms with Gasteiger partial charge >= 0.3 is 0 Å². The lowest BCUT2D eigenvalue weighted by Gasteiger charge is -2.26. The molecule has 0 aromatic rings. The molecule has 2 rings (SSSR count). The predicted molar refractivity (Wildman–Crippen MR) is 69.4 cm³/mol. The van der Waals surface area contributed by atoms with Gasteiger partial charge in [-0.25, -0.2) is 13.1 Å². The number of sulfonamides is 1. The fourth-order valence-corrected chi connectivity index (χ4v) is 4.48. The summed E-state index contributed by atoms with van der Waals surface area (Å²) in [6.45, 7) is 2.64.